The molecule has 0 aliphatic rings. The van der Waals surface area contributed by atoms with Crippen molar-refractivity contribution in [3.63, 3.8) is 0 Å². The summed E-state index contributed by atoms with van der Waals surface area (Å²) in [7, 11) is 0. The first-order chi connectivity index (χ1) is 15.3. The maximum atomic E-state index is 2.41. The summed E-state index contributed by atoms with van der Waals surface area (Å²) in [4.78, 5) is 2.41. The fourth-order valence-corrected chi connectivity index (χ4v) is 4.18. The number of nitrogens with zero attached hydrogens (tertiary/aromatic N) is 1. The van der Waals surface area contributed by atoms with Gasteiger partial charge in [0.25, 0.3) is 0 Å². The summed E-state index contributed by atoms with van der Waals surface area (Å²) in [6, 6.07) is 0. The first kappa shape index (κ1) is 30.3. The average Bonchev–Trinajstić information content (AvgIpc) is 2.78. The topological polar surface area (TPSA) is 3.24 Å². The van der Waals surface area contributed by atoms with E-state index in [0.717, 1.165) is 6.42 Å². The molecule has 0 aromatic carbocycles. The fraction of sp³-hybridized carbons (Fsp3) is 0.867. The number of rotatable bonds is 25. The lowest BCUT2D eigenvalue weighted by Gasteiger charge is -2.15. The van der Waals surface area contributed by atoms with E-state index in [-0.39, 0.29) is 0 Å². The van der Waals surface area contributed by atoms with E-state index in [9.17, 15) is 0 Å². The molecule has 0 aliphatic carbocycles. The summed E-state index contributed by atoms with van der Waals surface area (Å²) in [5.74, 6) is 0. The number of hydrogen-bond acceptors (Lipinski definition) is 1. The van der Waals surface area contributed by atoms with Crippen molar-refractivity contribution in [1.29, 1.82) is 0 Å². The van der Waals surface area contributed by atoms with Gasteiger partial charge in [0.15, 0.2) is 0 Å². The van der Waals surface area contributed by atoms with Crippen molar-refractivity contribution in [2.24, 2.45) is 0 Å². The smallest absolute Gasteiger partial charge is 0.0219 e. The molecule has 0 saturated heterocycles. The maximum Gasteiger partial charge on any atom is 0.0219 e. The molecule has 0 radical (unpaired) electrons. The lowest BCUT2D eigenvalue weighted by Crippen LogP contribution is -2.11. The van der Waals surface area contributed by atoms with Crippen LogP contribution in [-0.4, -0.2) is 11.4 Å². The summed E-state index contributed by atoms with van der Waals surface area (Å²) in [5.41, 5.74) is 0. The van der Waals surface area contributed by atoms with Gasteiger partial charge in [-0.05, 0) is 38.1 Å². The molecule has 0 aliphatic heterocycles. The van der Waals surface area contributed by atoms with Crippen molar-refractivity contribution in [2.75, 3.05) is 6.54 Å². The van der Waals surface area contributed by atoms with Crippen molar-refractivity contribution in [3.05, 3.63) is 24.6 Å². The summed E-state index contributed by atoms with van der Waals surface area (Å²) in [6.07, 6.45) is 40.1. The van der Waals surface area contributed by atoms with Crippen LogP contribution < -0.4 is 0 Å². The predicted octanol–water partition coefficient (Wildman–Crippen LogP) is 11.0. The Morgan fingerprint density at radius 3 is 1.26 bits per heavy atom. The molecule has 0 unspecified atom stereocenters. The van der Waals surface area contributed by atoms with Gasteiger partial charge in [-0.2, -0.15) is 0 Å². The second-order valence-corrected chi connectivity index (χ2v) is 9.57. The van der Waals surface area contributed by atoms with Crippen LogP contribution in [0, 0.1) is 0 Å². The minimum Gasteiger partial charge on any atom is -0.355 e. The molecule has 0 heterocycles. The molecule has 0 bridgehead atoms. The average molecular weight is 434 g/mol. The lowest BCUT2D eigenvalue weighted by atomic mass is 10.0. The Hall–Kier alpha value is -0.720. The van der Waals surface area contributed by atoms with E-state index >= 15 is 0 Å². The summed E-state index contributed by atoms with van der Waals surface area (Å²) >= 11 is 0. The lowest BCUT2D eigenvalue weighted by molar-refractivity contribution is 0.463. The highest BCUT2D eigenvalue weighted by Crippen LogP contribution is 2.13. The molecule has 0 rings (SSSR count). The maximum absolute atomic E-state index is 2.41. The summed E-state index contributed by atoms with van der Waals surface area (Å²) < 4.78 is 0. The third kappa shape index (κ3) is 25.4. The van der Waals surface area contributed by atoms with Gasteiger partial charge in [-0.25, -0.2) is 0 Å². The van der Waals surface area contributed by atoms with E-state index < -0.39 is 0 Å². The molecule has 184 valence electrons. The van der Waals surface area contributed by atoms with Gasteiger partial charge in [0, 0.05) is 6.54 Å². The second kappa shape index (κ2) is 27.3. The van der Waals surface area contributed by atoms with Gasteiger partial charge >= 0.3 is 0 Å². The van der Waals surface area contributed by atoms with Crippen molar-refractivity contribution in [2.45, 2.75) is 162 Å². The van der Waals surface area contributed by atoms with Crippen LogP contribution in [0.25, 0.3) is 0 Å². The summed E-state index contributed by atoms with van der Waals surface area (Å²) in [6.45, 7) is 7.99. The van der Waals surface area contributed by atoms with Crippen molar-refractivity contribution < 1.29 is 0 Å². The van der Waals surface area contributed by atoms with E-state index in [0.29, 0.717) is 0 Å². The third-order valence-corrected chi connectivity index (χ3v) is 6.32. The first-order valence-corrected chi connectivity index (χ1v) is 14.4. The molecule has 0 aromatic heterocycles. The Kier molecular flexibility index (Phi) is 26.7. The molecule has 1 nitrogen and oxygen atoms in total. The molecule has 1 heteroatoms. The van der Waals surface area contributed by atoms with Gasteiger partial charge in [0.05, 0.1) is 0 Å². The molecule has 0 spiro atoms. The number of allylic oxidation sites excluding steroid dienone is 2. The molecular formula is C30H59N. The number of unbranched alkanes of at least 4 members (excludes halogenated alkanes) is 19. The molecule has 0 fully saturated rings. The second-order valence-electron chi connectivity index (χ2n) is 9.57. The van der Waals surface area contributed by atoms with E-state index in [4.69, 9.17) is 0 Å². The quantitative estimate of drug-likeness (QED) is 0.129. The van der Waals surface area contributed by atoms with Crippen molar-refractivity contribution in [3.8, 4) is 0 Å². The molecule has 0 aromatic rings. The fourth-order valence-electron chi connectivity index (χ4n) is 4.18. The molecule has 31 heavy (non-hydrogen) atoms. The van der Waals surface area contributed by atoms with Crippen molar-refractivity contribution >= 4 is 0 Å². The highest BCUT2D eigenvalue weighted by atomic mass is 15.1. The Morgan fingerprint density at radius 2 is 0.806 bits per heavy atom. The third-order valence-electron chi connectivity index (χ3n) is 6.32. The molecule has 0 N–H and O–H groups in total. The van der Waals surface area contributed by atoms with Crippen LogP contribution in [-0.2, 0) is 0 Å². The highest BCUT2D eigenvalue weighted by Gasteiger charge is 1.96. The van der Waals surface area contributed by atoms with Crippen LogP contribution in [0.4, 0.5) is 0 Å². The largest absolute Gasteiger partial charge is 0.355 e. The SMILES string of the molecule is CCC=CN(C=CCCCCCCCCCCCCCCCC)CCCCCCCC. The molecule has 0 saturated carbocycles. The highest BCUT2D eigenvalue weighted by molar-refractivity contribution is 4.91. The zero-order valence-corrected chi connectivity index (χ0v) is 22.0. The van der Waals surface area contributed by atoms with E-state index in [1.807, 2.05) is 0 Å². The molecule has 0 amide bonds. The van der Waals surface area contributed by atoms with Crippen LogP contribution in [0.5, 0.6) is 0 Å². The van der Waals surface area contributed by atoms with E-state index in [1.54, 1.807) is 0 Å². The Balaban J connectivity index is 3.54. The van der Waals surface area contributed by atoms with Crippen LogP contribution in [0.2, 0.25) is 0 Å². The van der Waals surface area contributed by atoms with Gasteiger partial charge < -0.3 is 4.90 Å². The Labute approximate surface area is 198 Å². The van der Waals surface area contributed by atoms with E-state index in [1.165, 1.54) is 141 Å². The molecular weight excluding hydrogens is 374 g/mol. The van der Waals surface area contributed by atoms with Crippen LogP contribution in [0.1, 0.15) is 162 Å². The Bertz CT molecular complexity index is 371. The standard InChI is InChI=1S/C30H59N/c1-4-7-10-12-14-15-16-17-18-19-20-21-22-23-25-27-30-31(28-9-6-3)29-26-24-13-11-8-5-2/h9,27-28,30H,4-8,10-26,29H2,1-3H3. The monoisotopic (exact) mass is 433 g/mol. The van der Waals surface area contributed by atoms with Crippen molar-refractivity contribution in [1.82, 2.24) is 4.90 Å². The van der Waals surface area contributed by atoms with Gasteiger partial charge in [0.1, 0.15) is 0 Å². The normalized spacial score (nSPS) is 11.8. The van der Waals surface area contributed by atoms with E-state index in [2.05, 4.69) is 50.2 Å². The van der Waals surface area contributed by atoms with Crippen LogP contribution in [0.3, 0.4) is 0 Å². The van der Waals surface area contributed by atoms with Gasteiger partial charge in [-0.15, -0.1) is 0 Å². The predicted molar refractivity (Wildman–Crippen MR) is 144 cm³/mol. The number of hydrogen-bond donors (Lipinski definition) is 0. The van der Waals surface area contributed by atoms with Gasteiger partial charge in [-0.1, -0.05) is 148 Å². The minimum absolute atomic E-state index is 1.12. The van der Waals surface area contributed by atoms with Crippen LogP contribution in [0.15, 0.2) is 24.6 Å². The van der Waals surface area contributed by atoms with Gasteiger partial charge in [0.2, 0.25) is 0 Å². The van der Waals surface area contributed by atoms with Crippen LogP contribution >= 0.6 is 0 Å². The zero-order valence-electron chi connectivity index (χ0n) is 22.0. The van der Waals surface area contributed by atoms with Gasteiger partial charge in [-0.3, -0.25) is 0 Å². The minimum atomic E-state index is 1.12. The first-order valence-electron chi connectivity index (χ1n) is 14.4. The zero-order chi connectivity index (χ0) is 22.7. The summed E-state index contributed by atoms with van der Waals surface area (Å²) in [5, 5.41) is 0. The Morgan fingerprint density at radius 1 is 0.419 bits per heavy atom. The molecule has 0 atom stereocenters.